The van der Waals surface area contributed by atoms with Gasteiger partial charge in [-0.2, -0.15) is 0 Å². The first-order valence-electron chi connectivity index (χ1n) is 10.3. The van der Waals surface area contributed by atoms with E-state index in [2.05, 4.69) is 10.6 Å². The zero-order valence-corrected chi connectivity index (χ0v) is 18.1. The van der Waals surface area contributed by atoms with Gasteiger partial charge in [0.1, 0.15) is 11.8 Å². The molecule has 1 saturated heterocycles. The number of carbonyl (C=O) groups is 3. The van der Waals surface area contributed by atoms with E-state index in [1.54, 1.807) is 50.6 Å². The standard InChI is InChI=1S/C23H27N3O6/c1-31-19-8-5-16(13-20(19)32-2)10-12-26-22(29)18(25-23(26)30)14-21(28)24-11-9-15-3-6-17(27)7-4-15/h3-8,13,18,27H,9-12,14H2,1-2H3,(H,24,28)(H,25,30)/t18-/m0/s1. The number of nitrogens with one attached hydrogen (secondary N) is 2. The molecule has 1 heterocycles. The normalized spacial score (nSPS) is 15.4. The Morgan fingerprint density at radius 3 is 2.41 bits per heavy atom. The van der Waals surface area contributed by atoms with Crippen LogP contribution < -0.4 is 20.1 Å². The number of phenols is 1. The molecule has 1 fully saturated rings. The molecule has 32 heavy (non-hydrogen) atoms. The number of ether oxygens (including phenoxy) is 2. The lowest BCUT2D eigenvalue weighted by atomic mass is 10.1. The summed E-state index contributed by atoms with van der Waals surface area (Å²) in [6, 6.07) is 10.8. The molecule has 1 aliphatic heterocycles. The van der Waals surface area contributed by atoms with Crippen molar-refractivity contribution in [3.8, 4) is 17.2 Å². The van der Waals surface area contributed by atoms with Crippen LogP contribution in [0.1, 0.15) is 17.5 Å². The number of phenolic OH excluding ortho intramolecular Hbond substituents is 1. The topological polar surface area (TPSA) is 117 Å². The van der Waals surface area contributed by atoms with E-state index in [9.17, 15) is 19.5 Å². The number of methoxy groups -OCH3 is 2. The second kappa shape index (κ2) is 10.5. The van der Waals surface area contributed by atoms with Crippen molar-refractivity contribution in [1.29, 1.82) is 0 Å². The summed E-state index contributed by atoms with van der Waals surface area (Å²) in [5.41, 5.74) is 1.85. The van der Waals surface area contributed by atoms with E-state index in [0.29, 0.717) is 30.9 Å². The van der Waals surface area contributed by atoms with Gasteiger partial charge in [0, 0.05) is 13.1 Å². The maximum atomic E-state index is 12.6. The molecular weight excluding hydrogens is 414 g/mol. The molecule has 2 aromatic rings. The quantitative estimate of drug-likeness (QED) is 0.483. The summed E-state index contributed by atoms with van der Waals surface area (Å²) in [4.78, 5) is 38.2. The van der Waals surface area contributed by atoms with E-state index in [1.807, 2.05) is 6.07 Å². The second-order valence-electron chi connectivity index (χ2n) is 7.40. The third kappa shape index (κ3) is 5.69. The molecule has 0 aliphatic carbocycles. The average molecular weight is 441 g/mol. The molecule has 0 bridgehead atoms. The molecule has 0 unspecified atom stereocenters. The van der Waals surface area contributed by atoms with Crippen LogP contribution in [-0.2, 0) is 22.4 Å². The lowest BCUT2D eigenvalue weighted by Gasteiger charge is -2.14. The summed E-state index contributed by atoms with van der Waals surface area (Å²) in [5.74, 6) is 0.629. The van der Waals surface area contributed by atoms with Crippen molar-refractivity contribution in [2.45, 2.75) is 25.3 Å². The van der Waals surface area contributed by atoms with Crippen LogP contribution in [0.25, 0.3) is 0 Å². The van der Waals surface area contributed by atoms with Gasteiger partial charge in [0.2, 0.25) is 5.91 Å². The first kappa shape index (κ1) is 22.9. The van der Waals surface area contributed by atoms with Crippen LogP contribution in [0.3, 0.4) is 0 Å². The van der Waals surface area contributed by atoms with Crippen LogP contribution in [-0.4, -0.2) is 61.2 Å². The summed E-state index contributed by atoms with van der Waals surface area (Å²) in [6.07, 6.45) is 0.923. The Kier molecular flexibility index (Phi) is 7.54. The van der Waals surface area contributed by atoms with Crippen LogP contribution >= 0.6 is 0 Å². The number of rotatable bonds is 10. The van der Waals surface area contributed by atoms with E-state index in [4.69, 9.17) is 9.47 Å². The van der Waals surface area contributed by atoms with Crippen molar-refractivity contribution >= 4 is 17.8 Å². The zero-order valence-electron chi connectivity index (χ0n) is 18.1. The van der Waals surface area contributed by atoms with Gasteiger partial charge >= 0.3 is 6.03 Å². The fraction of sp³-hybridized carbons (Fsp3) is 0.348. The third-order valence-electron chi connectivity index (χ3n) is 5.24. The third-order valence-corrected chi connectivity index (χ3v) is 5.24. The molecule has 2 aromatic carbocycles. The number of urea groups is 1. The van der Waals surface area contributed by atoms with E-state index in [1.165, 1.54) is 0 Å². The summed E-state index contributed by atoms with van der Waals surface area (Å²) < 4.78 is 10.5. The minimum atomic E-state index is -0.874. The molecule has 0 aromatic heterocycles. The monoisotopic (exact) mass is 441 g/mol. The molecule has 9 heteroatoms. The molecule has 0 saturated carbocycles. The van der Waals surface area contributed by atoms with Gasteiger partial charge in [-0.15, -0.1) is 0 Å². The van der Waals surface area contributed by atoms with E-state index < -0.39 is 18.0 Å². The van der Waals surface area contributed by atoms with Gasteiger partial charge in [-0.25, -0.2) is 4.79 Å². The maximum absolute atomic E-state index is 12.6. The smallest absolute Gasteiger partial charge is 0.324 e. The molecule has 9 nitrogen and oxygen atoms in total. The Hall–Kier alpha value is -3.75. The molecule has 0 radical (unpaired) electrons. The fourth-order valence-electron chi connectivity index (χ4n) is 3.47. The number of benzene rings is 2. The molecular formula is C23H27N3O6. The van der Waals surface area contributed by atoms with Crippen LogP contribution in [0, 0.1) is 0 Å². The van der Waals surface area contributed by atoms with Crippen molar-refractivity contribution in [2.75, 3.05) is 27.3 Å². The van der Waals surface area contributed by atoms with Crippen molar-refractivity contribution < 1.29 is 29.0 Å². The van der Waals surface area contributed by atoms with Crippen molar-refractivity contribution in [1.82, 2.24) is 15.5 Å². The highest BCUT2D eigenvalue weighted by atomic mass is 16.5. The second-order valence-corrected chi connectivity index (χ2v) is 7.40. The number of hydrogen-bond acceptors (Lipinski definition) is 6. The van der Waals surface area contributed by atoms with Gasteiger partial charge in [-0.05, 0) is 48.2 Å². The fourth-order valence-corrected chi connectivity index (χ4v) is 3.47. The van der Waals surface area contributed by atoms with Crippen LogP contribution in [0.15, 0.2) is 42.5 Å². The predicted molar refractivity (Wildman–Crippen MR) is 117 cm³/mol. The Balaban J connectivity index is 1.47. The van der Waals surface area contributed by atoms with Gasteiger partial charge in [0.25, 0.3) is 5.91 Å². The molecule has 3 rings (SSSR count). The van der Waals surface area contributed by atoms with Crippen LogP contribution in [0.5, 0.6) is 17.2 Å². The molecule has 3 N–H and O–H groups in total. The number of carbonyl (C=O) groups excluding carboxylic acids is 3. The molecule has 1 atom stereocenters. The van der Waals surface area contributed by atoms with Gasteiger partial charge in [0.15, 0.2) is 11.5 Å². The van der Waals surface area contributed by atoms with Gasteiger partial charge < -0.3 is 25.2 Å². The van der Waals surface area contributed by atoms with Crippen LogP contribution in [0.4, 0.5) is 4.79 Å². The maximum Gasteiger partial charge on any atom is 0.324 e. The van der Waals surface area contributed by atoms with Crippen LogP contribution in [0.2, 0.25) is 0 Å². The number of nitrogens with zero attached hydrogens (tertiary/aromatic N) is 1. The van der Waals surface area contributed by atoms with Gasteiger partial charge in [0.05, 0.1) is 20.6 Å². The number of aromatic hydroxyl groups is 1. The first-order chi connectivity index (χ1) is 15.4. The average Bonchev–Trinajstić information content (AvgIpc) is 3.05. The number of imide groups is 1. The SMILES string of the molecule is COc1ccc(CCN2C(=O)N[C@@H](CC(=O)NCCc3ccc(O)cc3)C2=O)cc1OC. The summed E-state index contributed by atoms with van der Waals surface area (Å²) in [6.45, 7) is 0.584. The lowest BCUT2D eigenvalue weighted by molar-refractivity contribution is -0.130. The lowest BCUT2D eigenvalue weighted by Crippen LogP contribution is -2.37. The predicted octanol–water partition coefficient (Wildman–Crippen LogP) is 1.62. The summed E-state index contributed by atoms with van der Waals surface area (Å²) >= 11 is 0. The van der Waals surface area contributed by atoms with Gasteiger partial charge in [-0.3, -0.25) is 14.5 Å². The Bertz CT molecular complexity index is 976. The molecule has 4 amide bonds. The minimum absolute atomic E-state index is 0.118. The highest BCUT2D eigenvalue weighted by molar-refractivity contribution is 6.05. The largest absolute Gasteiger partial charge is 0.508 e. The Morgan fingerprint density at radius 2 is 1.72 bits per heavy atom. The highest BCUT2D eigenvalue weighted by Gasteiger charge is 2.38. The Labute approximate surface area is 186 Å². The number of hydrogen-bond donors (Lipinski definition) is 3. The number of amides is 4. The summed E-state index contributed by atoms with van der Waals surface area (Å²) in [7, 11) is 3.09. The van der Waals surface area contributed by atoms with Crippen molar-refractivity contribution in [2.24, 2.45) is 0 Å². The summed E-state index contributed by atoms with van der Waals surface area (Å²) in [5, 5.41) is 14.6. The molecule has 170 valence electrons. The van der Waals surface area contributed by atoms with E-state index in [0.717, 1.165) is 16.0 Å². The van der Waals surface area contributed by atoms with Crippen molar-refractivity contribution in [3.05, 3.63) is 53.6 Å². The minimum Gasteiger partial charge on any atom is -0.508 e. The highest BCUT2D eigenvalue weighted by Crippen LogP contribution is 2.27. The van der Waals surface area contributed by atoms with E-state index >= 15 is 0 Å². The first-order valence-corrected chi connectivity index (χ1v) is 10.3. The Morgan fingerprint density at radius 1 is 1.03 bits per heavy atom. The molecule has 0 spiro atoms. The van der Waals surface area contributed by atoms with E-state index in [-0.39, 0.29) is 24.6 Å². The molecule has 1 aliphatic rings. The van der Waals surface area contributed by atoms with Crippen molar-refractivity contribution in [3.63, 3.8) is 0 Å². The van der Waals surface area contributed by atoms with Gasteiger partial charge in [-0.1, -0.05) is 18.2 Å². The zero-order chi connectivity index (χ0) is 23.1.